The molecule has 3 rings (SSSR count). The number of benzene rings is 1. The molecule has 0 atom stereocenters. The van der Waals surface area contributed by atoms with Gasteiger partial charge in [-0.1, -0.05) is 6.92 Å². The molecule has 2 N–H and O–H groups in total. The smallest absolute Gasteiger partial charge is 0.126 e. The summed E-state index contributed by atoms with van der Waals surface area (Å²) >= 11 is 1.67. The van der Waals surface area contributed by atoms with Gasteiger partial charge in [0.1, 0.15) is 5.01 Å². The van der Waals surface area contributed by atoms with Gasteiger partial charge in [0.25, 0.3) is 0 Å². The molecule has 4 heteroatoms. The Morgan fingerprint density at radius 2 is 2.11 bits per heavy atom. The van der Waals surface area contributed by atoms with Gasteiger partial charge in [-0.3, -0.25) is 4.98 Å². The highest BCUT2D eigenvalue weighted by Gasteiger charge is 2.06. The van der Waals surface area contributed by atoms with Crippen molar-refractivity contribution < 1.29 is 0 Å². The summed E-state index contributed by atoms with van der Waals surface area (Å²) in [5, 5.41) is 0.991. The predicted octanol–water partition coefficient (Wildman–Crippen LogP) is 3.50. The van der Waals surface area contributed by atoms with E-state index in [0.717, 1.165) is 38.6 Å². The molecular weight excluding hydrogens is 242 g/mol. The molecule has 0 unspecified atom stereocenters. The average molecular weight is 255 g/mol. The van der Waals surface area contributed by atoms with Crippen LogP contribution in [0.5, 0.6) is 0 Å². The van der Waals surface area contributed by atoms with E-state index in [1.54, 1.807) is 11.3 Å². The molecule has 0 aliphatic heterocycles. The highest BCUT2D eigenvalue weighted by atomic mass is 32.1. The van der Waals surface area contributed by atoms with Gasteiger partial charge < -0.3 is 5.73 Å². The Morgan fingerprint density at radius 1 is 1.22 bits per heavy atom. The molecule has 18 heavy (non-hydrogen) atoms. The lowest BCUT2D eigenvalue weighted by Crippen LogP contribution is -1.86. The van der Waals surface area contributed by atoms with E-state index in [4.69, 9.17) is 5.73 Å². The summed E-state index contributed by atoms with van der Waals surface area (Å²) < 4.78 is 1.15. The third-order valence-corrected chi connectivity index (χ3v) is 3.93. The Morgan fingerprint density at radius 3 is 2.83 bits per heavy atom. The number of thiazole rings is 1. The first-order valence-electron chi connectivity index (χ1n) is 5.87. The van der Waals surface area contributed by atoms with E-state index in [1.807, 2.05) is 24.4 Å². The minimum Gasteiger partial charge on any atom is -0.399 e. The van der Waals surface area contributed by atoms with Crippen molar-refractivity contribution in [3.05, 3.63) is 42.2 Å². The Balaban J connectivity index is 2.07. The van der Waals surface area contributed by atoms with Crippen LogP contribution in [0.1, 0.15) is 12.6 Å². The van der Waals surface area contributed by atoms with Crippen LogP contribution in [0.3, 0.4) is 0 Å². The molecular formula is C14H13N3S. The third kappa shape index (κ3) is 1.95. The van der Waals surface area contributed by atoms with E-state index in [1.165, 1.54) is 0 Å². The second kappa shape index (κ2) is 4.38. The maximum Gasteiger partial charge on any atom is 0.126 e. The number of nitrogens with two attached hydrogens (primary N) is 1. The van der Waals surface area contributed by atoms with Gasteiger partial charge in [-0.2, -0.15) is 0 Å². The molecule has 1 aromatic carbocycles. The molecule has 0 amide bonds. The van der Waals surface area contributed by atoms with Crippen molar-refractivity contribution in [1.82, 2.24) is 9.97 Å². The van der Waals surface area contributed by atoms with Gasteiger partial charge in [0.15, 0.2) is 0 Å². The van der Waals surface area contributed by atoms with Crippen molar-refractivity contribution in [3.63, 3.8) is 0 Å². The predicted molar refractivity (Wildman–Crippen MR) is 76.6 cm³/mol. The number of nitrogens with zero attached hydrogens (tertiary/aromatic N) is 2. The monoisotopic (exact) mass is 255 g/mol. The van der Waals surface area contributed by atoms with Crippen LogP contribution >= 0.6 is 11.3 Å². The average Bonchev–Trinajstić information content (AvgIpc) is 2.81. The second-order valence-corrected chi connectivity index (χ2v) is 5.17. The van der Waals surface area contributed by atoms with Crippen molar-refractivity contribution in [2.75, 3.05) is 5.73 Å². The zero-order valence-electron chi connectivity index (χ0n) is 10.1. The molecule has 0 radical (unpaired) electrons. The van der Waals surface area contributed by atoms with Gasteiger partial charge in [-0.15, -0.1) is 11.3 Å². The maximum atomic E-state index is 5.76. The summed E-state index contributed by atoms with van der Waals surface area (Å²) in [6.07, 6.45) is 2.84. The van der Waals surface area contributed by atoms with Crippen molar-refractivity contribution in [3.8, 4) is 10.6 Å². The van der Waals surface area contributed by atoms with Crippen molar-refractivity contribution in [2.24, 2.45) is 0 Å². The maximum absolute atomic E-state index is 5.76. The standard InChI is InChI=1S/C14H13N3S/c1-2-11-5-3-9(8-16-11)14-17-12-7-10(15)4-6-13(12)18-14/h3-8H,2,15H2,1H3. The molecule has 0 bridgehead atoms. The van der Waals surface area contributed by atoms with Crippen LogP contribution in [0, 0.1) is 0 Å². The number of pyridine rings is 1. The van der Waals surface area contributed by atoms with E-state index >= 15 is 0 Å². The zero-order valence-corrected chi connectivity index (χ0v) is 10.9. The largest absolute Gasteiger partial charge is 0.399 e. The van der Waals surface area contributed by atoms with E-state index in [9.17, 15) is 0 Å². The van der Waals surface area contributed by atoms with Crippen LogP contribution in [0.25, 0.3) is 20.8 Å². The van der Waals surface area contributed by atoms with Crippen molar-refractivity contribution in [1.29, 1.82) is 0 Å². The Bertz CT molecular complexity index is 686. The number of aromatic nitrogens is 2. The number of rotatable bonds is 2. The minimum atomic E-state index is 0.749. The van der Waals surface area contributed by atoms with E-state index < -0.39 is 0 Å². The molecule has 2 aromatic heterocycles. The van der Waals surface area contributed by atoms with Crippen LogP contribution < -0.4 is 5.73 Å². The van der Waals surface area contributed by atoms with E-state index in [0.29, 0.717) is 0 Å². The Hall–Kier alpha value is -1.94. The molecule has 0 spiro atoms. The summed E-state index contributed by atoms with van der Waals surface area (Å²) in [5.74, 6) is 0. The lowest BCUT2D eigenvalue weighted by atomic mass is 10.2. The molecule has 0 aliphatic rings. The second-order valence-electron chi connectivity index (χ2n) is 4.14. The molecule has 0 fully saturated rings. The van der Waals surface area contributed by atoms with Gasteiger partial charge in [-0.05, 0) is 36.8 Å². The van der Waals surface area contributed by atoms with Gasteiger partial charge in [-0.25, -0.2) is 4.98 Å². The van der Waals surface area contributed by atoms with Gasteiger partial charge in [0.2, 0.25) is 0 Å². The molecule has 90 valence electrons. The molecule has 2 heterocycles. The van der Waals surface area contributed by atoms with Gasteiger partial charge in [0, 0.05) is 23.1 Å². The fraction of sp³-hybridized carbons (Fsp3) is 0.143. The van der Waals surface area contributed by atoms with Gasteiger partial charge >= 0.3 is 0 Å². The van der Waals surface area contributed by atoms with Crippen LogP contribution in [0.15, 0.2) is 36.5 Å². The highest BCUT2D eigenvalue weighted by molar-refractivity contribution is 7.21. The third-order valence-electron chi connectivity index (χ3n) is 2.85. The molecule has 3 aromatic rings. The quantitative estimate of drug-likeness (QED) is 0.713. The summed E-state index contributed by atoms with van der Waals surface area (Å²) in [7, 11) is 0. The molecule has 3 nitrogen and oxygen atoms in total. The number of nitrogen functional groups attached to an aromatic ring is 1. The summed E-state index contributed by atoms with van der Waals surface area (Å²) in [6, 6.07) is 9.95. The summed E-state index contributed by atoms with van der Waals surface area (Å²) in [6.45, 7) is 2.10. The van der Waals surface area contributed by atoms with Crippen LogP contribution in [0.2, 0.25) is 0 Å². The van der Waals surface area contributed by atoms with Crippen molar-refractivity contribution >= 4 is 27.2 Å². The Kier molecular flexibility index (Phi) is 2.72. The van der Waals surface area contributed by atoms with E-state index in [2.05, 4.69) is 29.0 Å². The summed E-state index contributed by atoms with van der Waals surface area (Å²) in [4.78, 5) is 9.00. The van der Waals surface area contributed by atoms with Gasteiger partial charge in [0.05, 0.1) is 10.2 Å². The van der Waals surface area contributed by atoms with E-state index in [-0.39, 0.29) is 0 Å². The van der Waals surface area contributed by atoms with Crippen LogP contribution in [-0.2, 0) is 6.42 Å². The molecule has 0 saturated heterocycles. The first-order valence-corrected chi connectivity index (χ1v) is 6.69. The fourth-order valence-corrected chi connectivity index (χ4v) is 2.76. The van der Waals surface area contributed by atoms with Crippen LogP contribution in [0.4, 0.5) is 5.69 Å². The lowest BCUT2D eigenvalue weighted by Gasteiger charge is -1.97. The van der Waals surface area contributed by atoms with Crippen molar-refractivity contribution in [2.45, 2.75) is 13.3 Å². The topological polar surface area (TPSA) is 51.8 Å². The number of aryl methyl sites for hydroxylation is 1. The summed E-state index contributed by atoms with van der Waals surface area (Å²) in [5.41, 5.74) is 9.63. The van der Waals surface area contributed by atoms with Crippen LogP contribution in [-0.4, -0.2) is 9.97 Å². The zero-order chi connectivity index (χ0) is 12.5. The lowest BCUT2D eigenvalue weighted by molar-refractivity contribution is 1.04. The molecule has 0 saturated carbocycles. The highest BCUT2D eigenvalue weighted by Crippen LogP contribution is 2.30. The SMILES string of the molecule is CCc1ccc(-c2nc3cc(N)ccc3s2)cn1. The number of anilines is 1. The first kappa shape index (κ1) is 11.2. The Labute approximate surface area is 109 Å². The number of hydrogen-bond acceptors (Lipinski definition) is 4. The minimum absolute atomic E-state index is 0.749. The normalized spacial score (nSPS) is 10.9. The number of hydrogen-bond donors (Lipinski definition) is 1. The fourth-order valence-electron chi connectivity index (χ4n) is 1.83. The first-order chi connectivity index (χ1) is 8.76. The number of fused-ring (bicyclic) bond motifs is 1. The molecule has 0 aliphatic carbocycles.